The van der Waals surface area contributed by atoms with Crippen molar-refractivity contribution < 1.29 is 9.53 Å². The van der Waals surface area contributed by atoms with Gasteiger partial charge >= 0.3 is 0 Å². The lowest BCUT2D eigenvalue weighted by Crippen LogP contribution is -2.41. The van der Waals surface area contributed by atoms with Crippen molar-refractivity contribution in [1.82, 2.24) is 4.90 Å². The highest BCUT2D eigenvalue weighted by Gasteiger charge is 2.14. The third-order valence-corrected chi connectivity index (χ3v) is 3.26. The molecule has 0 unspecified atom stereocenters. The summed E-state index contributed by atoms with van der Waals surface area (Å²) in [6.07, 6.45) is 0. The zero-order valence-corrected chi connectivity index (χ0v) is 13.0. The molecule has 1 aromatic carbocycles. The van der Waals surface area contributed by atoms with Gasteiger partial charge in [0.15, 0.2) is 0 Å². The number of anilines is 1. The highest BCUT2D eigenvalue weighted by atomic mass is 16.5. The minimum Gasteiger partial charge on any atom is -0.379 e. The second-order valence-corrected chi connectivity index (χ2v) is 4.74. The number of hydrogen-bond donors (Lipinski definition) is 1. The van der Waals surface area contributed by atoms with Crippen LogP contribution in [0.15, 0.2) is 18.2 Å². The van der Waals surface area contributed by atoms with Gasteiger partial charge in [-0.3, -0.25) is 9.69 Å². The number of ether oxygens (including phenoxy) is 1. The summed E-state index contributed by atoms with van der Waals surface area (Å²) in [6, 6.07) is 5.98. The Bertz CT molecular complexity index is 426. The summed E-state index contributed by atoms with van der Waals surface area (Å²) < 4.78 is 5.26. The van der Waals surface area contributed by atoms with Crippen molar-refractivity contribution in [3.05, 3.63) is 29.3 Å². The fraction of sp³-hybridized carbons (Fsp3) is 0.562. The zero-order valence-electron chi connectivity index (χ0n) is 13.0. The molecule has 0 spiro atoms. The van der Waals surface area contributed by atoms with Crippen LogP contribution < -0.4 is 5.32 Å². The lowest BCUT2D eigenvalue weighted by atomic mass is 10.1. The van der Waals surface area contributed by atoms with E-state index in [-0.39, 0.29) is 5.91 Å². The molecule has 4 heteroatoms. The van der Waals surface area contributed by atoms with Gasteiger partial charge in [-0.1, -0.05) is 19.9 Å². The summed E-state index contributed by atoms with van der Waals surface area (Å²) in [5.74, 6) is 0.0418. The van der Waals surface area contributed by atoms with Gasteiger partial charge in [0.1, 0.15) is 0 Å². The van der Waals surface area contributed by atoms with Crippen molar-refractivity contribution >= 4 is 11.6 Å². The molecule has 1 heterocycles. The Morgan fingerprint density at radius 3 is 2.45 bits per heavy atom. The first-order chi connectivity index (χ1) is 9.65. The van der Waals surface area contributed by atoms with Gasteiger partial charge in [-0.2, -0.15) is 0 Å². The van der Waals surface area contributed by atoms with Gasteiger partial charge in [0, 0.05) is 18.8 Å². The van der Waals surface area contributed by atoms with Crippen LogP contribution in [0.25, 0.3) is 0 Å². The van der Waals surface area contributed by atoms with E-state index in [0.29, 0.717) is 6.54 Å². The molecule has 1 N–H and O–H groups in total. The minimum absolute atomic E-state index is 0.0418. The predicted molar refractivity (Wildman–Crippen MR) is 83.2 cm³/mol. The molecule has 112 valence electrons. The van der Waals surface area contributed by atoms with Crippen molar-refractivity contribution in [3.63, 3.8) is 0 Å². The third kappa shape index (κ3) is 5.31. The predicted octanol–water partition coefficient (Wildman–Crippen LogP) is 2.60. The number of morpholine rings is 1. The molecule has 0 atom stereocenters. The Labute approximate surface area is 122 Å². The number of carbonyl (C=O) groups is 1. The first-order valence-corrected chi connectivity index (χ1v) is 7.32. The quantitative estimate of drug-likeness (QED) is 0.924. The van der Waals surface area contributed by atoms with E-state index >= 15 is 0 Å². The van der Waals surface area contributed by atoms with E-state index < -0.39 is 0 Å². The minimum atomic E-state index is 0.0418. The highest BCUT2D eigenvalue weighted by Crippen LogP contribution is 2.14. The number of benzene rings is 1. The highest BCUT2D eigenvalue weighted by molar-refractivity contribution is 5.92. The molecular weight excluding hydrogens is 252 g/mol. The summed E-state index contributed by atoms with van der Waals surface area (Å²) in [7, 11) is 0. The van der Waals surface area contributed by atoms with E-state index in [1.54, 1.807) is 0 Å². The van der Waals surface area contributed by atoms with E-state index in [1.165, 1.54) is 11.1 Å². The van der Waals surface area contributed by atoms with Crippen LogP contribution in [0.4, 0.5) is 5.69 Å². The number of amides is 1. The second kappa shape index (κ2) is 8.72. The van der Waals surface area contributed by atoms with Gasteiger partial charge in [0.05, 0.1) is 19.8 Å². The second-order valence-electron chi connectivity index (χ2n) is 4.74. The summed E-state index contributed by atoms with van der Waals surface area (Å²) in [4.78, 5) is 14.0. The van der Waals surface area contributed by atoms with Gasteiger partial charge in [-0.25, -0.2) is 0 Å². The molecule has 1 saturated heterocycles. The standard InChI is InChI=1S/C14H20N2O2.C2H6/c1-11-3-4-13(9-12(11)2)15-14(17)10-16-5-7-18-8-6-16;1-2/h3-4,9H,5-8,10H2,1-2H3,(H,15,17);1-2H3. The molecule has 1 amide bonds. The molecule has 1 aromatic rings. The summed E-state index contributed by atoms with van der Waals surface area (Å²) in [6.45, 7) is 11.7. The smallest absolute Gasteiger partial charge is 0.238 e. The van der Waals surface area contributed by atoms with E-state index in [0.717, 1.165) is 32.0 Å². The number of carbonyl (C=O) groups excluding carboxylic acids is 1. The third-order valence-electron chi connectivity index (χ3n) is 3.26. The van der Waals surface area contributed by atoms with Crippen molar-refractivity contribution in [2.45, 2.75) is 27.7 Å². The first-order valence-electron chi connectivity index (χ1n) is 7.32. The van der Waals surface area contributed by atoms with Gasteiger partial charge in [0.2, 0.25) is 5.91 Å². The molecule has 20 heavy (non-hydrogen) atoms. The largest absolute Gasteiger partial charge is 0.379 e. The Balaban J connectivity index is 0.000000956. The van der Waals surface area contributed by atoms with Crippen molar-refractivity contribution in [3.8, 4) is 0 Å². The number of hydrogen-bond acceptors (Lipinski definition) is 3. The van der Waals surface area contributed by atoms with Gasteiger partial charge in [-0.05, 0) is 37.1 Å². The van der Waals surface area contributed by atoms with Gasteiger partial charge in [-0.15, -0.1) is 0 Å². The molecule has 0 radical (unpaired) electrons. The maximum atomic E-state index is 11.9. The molecule has 2 rings (SSSR count). The van der Waals surface area contributed by atoms with E-state index in [2.05, 4.69) is 17.1 Å². The molecule has 0 aliphatic carbocycles. The van der Waals surface area contributed by atoms with Crippen LogP contribution in [0, 0.1) is 13.8 Å². The molecule has 0 bridgehead atoms. The van der Waals surface area contributed by atoms with E-state index in [1.807, 2.05) is 39.0 Å². The average Bonchev–Trinajstić information content (AvgIpc) is 2.46. The van der Waals surface area contributed by atoms with E-state index in [9.17, 15) is 4.79 Å². The van der Waals surface area contributed by atoms with Crippen LogP contribution in [0.5, 0.6) is 0 Å². The average molecular weight is 278 g/mol. The van der Waals surface area contributed by atoms with Gasteiger partial charge < -0.3 is 10.1 Å². The lowest BCUT2D eigenvalue weighted by Gasteiger charge is -2.25. The van der Waals surface area contributed by atoms with E-state index in [4.69, 9.17) is 4.74 Å². The normalized spacial score (nSPS) is 15.2. The summed E-state index contributed by atoms with van der Waals surface area (Å²) in [5, 5.41) is 2.94. The fourth-order valence-electron chi connectivity index (χ4n) is 1.98. The van der Waals surface area contributed by atoms with Crippen LogP contribution in [0.3, 0.4) is 0 Å². The van der Waals surface area contributed by atoms with Crippen LogP contribution in [-0.2, 0) is 9.53 Å². The molecule has 0 aromatic heterocycles. The first kappa shape index (κ1) is 16.7. The maximum absolute atomic E-state index is 11.9. The Morgan fingerprint density at radius 2 is 1.85 bits per heavy atom. The number of aryl methyl sites for hydroxylation is 2. The number of rotatable bonds is 3. The maximum Gasteiger partial charge on any atom is 0.238 e. The molecule has 0 saturated carbocycles. The number of nitrogens with one attached hydrogen (secondary N) is 1. The van der Waals surface area contributed by atoms with Crippen LogP contribution in [0.1, 0.15) is 25.0 Å². The Morgan fingerprint density at radius 1 is 1.20 bits per heavy atom. The Kier molecular flexibility index (Phi) is 7.26. The molecular formula is C16H26N2O2. The summed E-state index contributed by atoms with van der Waals surface area (Å²) >= 11 is 0. The van der Waals surface area contributed by atoms with Crippen LogP contribution in [-0.4, -0.2) is 43.7 Å². The number of nitrogens with zero attached hydrogens (tertiary/aromatic N) is 1. The summed E-state index contributed by atoms with van der Waals surface area (Å²) in [5.41, 5.74) is 3.30. The lowest BCUT2D eigenvalue weighted by molar-refractivity contribution is -0.118. The molecule has 4 nitrogen and oxygen atoms in total. The van der Waals surface area contributed by atoms with Crippen molar-refractivity contribution in [1.29, 1.82) is 0 Å². The fourth-order valence-corrected chi connectivity index (χ4v) is 1.98. The van der Waals surface area contributed by atoms with Gasteiger partial charge in [0.25, 0.3) is 0 Å². The van der Waals surface area contributed by atoms with Crippen LogP contribution >= 0.6 is 0 Å². The van der Waals surface area contributed by atoms with Crippen molar-refractivity contribution in [2.24, 2.45) is 0 Å². The topological polar surface area (TPSA) is 41.6 Å². The Hall–Kier alpha value is -1.39. The monoisotopic (exact) mass is 278 g/mol. The zero-order chi connectivity index (χ0) is 15.0. The molecule has 1 aliphatic heterocycles. The van der Waals surface area contributed by atoms with Crippen LogP contribution in [0.2, 0.25) is 0 Å². The molecule has 1 aliphatic rings. The molecule has 1 fully saturated rings. The SMILES string of the molecule is CC.Cc1ccc(NC(=O)CN2CCOCC2)cc1C. The van der Waals surface area contributed by atoms with Crippen molar-refractivity contribution in [2.75, 3.05) is 38.2 Å².